The lowest BCUT2D eigenvalue weighted by molar-refractivity contribution is -0.142. The van der Waals surface area contributed by atoms with Gasteiger partial charge in [0, 0.05) is 18.7 Å². The molecule has 0 radical (unpaired) electrons. The highest BCUT2D eigenvalue weighted by atomic mass is 19.4. The summed E-state index contributed by atoms with van der Waals surface area (Å²) < 4.78 is 50.0. The Labute approximate surface area is 175 Å². The van der Waals surface area contributed by atoms with Gasteiger partial charge in [-0.05, 0) is 5.56 Å². The Morgan fingerprint density at radius 2 is 1.87 bits per heavy atom. The number of nitrogens with zero attached hydrogens (tertiary/aromatic N) is 5. The summed E-state index contributed by atoms with van der Waals surface area (Å²) in [6.45, 7) is 0.807. The summed E-state index contributed by atoms with van der Waals surface area (Å²) in [5, 5.41) is 4.33. The second kappa shape index (κ2) is 8.50. The molecule has 2 aromatic heterocycles. The molecule has 0 saturated carbocycles. The lowest BCUT2D eigenvalue weighted by atomic mass is 10.1. The van der Waals surface area contributed by atoms with Crippen molar-refractivity contribution >= 4 is 23.0 Å². The van der Waals surface area contributed by atoms with Crippen LogP contribution in [0.1, 0.15) is 5.56 Å². The van der Waals surface area contributed by atoms with E-state index in [1.165, 1.54) is 13.3 Å². The van der Waals surface area contributed by atoms with E-state index in [1.807, 2.05) is 4.90 Å². The first-order chi connectivity index (χ1) is 14.8. The first-order valence-electron chi connectivity index (χ1n) is 9.63. The Morgan fingerprint density at radius 3 is 2.52 bits per heavy atom. The van der Waals surface area contributed by atoms with Crippen LogP contribution in [-0.4, -0.2) is 65.3 Å². The van der Waals surface area contributed by atoms with Gasteiger partial charge < -0.3 is 14.4 Å². The molecule has 0 N–H and O–H groups in total. The molecule has 0 aliphatic carbocycles. The highest BCUT2D eigenvalue weighted by Gasteiger charge is 2.30. The fourth-order valence-corrected chi connectivity index (χ4v) is 3.37. The fourth-order valence-electron chi connectivity index (χ4n) is 3.37. The van der Waals surface area contributed by atoms with Gasteiger partial charge in [0.05, 0.1) is 44.0 Å². The number of hydrogen-bond donors (Lipinski definition) is 0. The first-order valence-corrected chi connectivity index (χ1v) is 9.63. The van der Waals surface area contributed by atoms with Gasteiger partial charge >= 0.3 is 12.1 Å². The third kappa shape index (κ3) is 4.76. The van der Waals surface area contributed by atoms with Gasteiger partial charge in [-0.2, -0.15) is 23.3 Å². The molecule has 1 fully saturated rings. The Morgan fingerprint density at radius 1 is 1.16 bits per heavy atom. The van der Waals surface area contributed by atoms with E-state index in [4.69, 9.17) is 4.74 Å². The number of methoxy groups -OCH3 is 1. The van der Waals surface area contributed by atoms with Crippen molar-refractivity contribution in [2.45, 2.75) is 19.1 Å². The smallest absolute Gasteiger partial charge is 0.408 e. The highest BCUT2D eigenvalue weighted by Crippen LogP contribution is 2.30. The van der Waals surface area contributed by atoms with Gasteiger partial charge in [-0.1, -0.05) is 24.3 Å². The van der Waals surface area contributed by atoms with Gasteiger partial charge in [-0.3, -0.25) is 4.79 Å². The Hall–Kier alpha value is -3.21. The third-order valence-electron chi connectivity index (χ3n) is 4.91. The number of rotatable bonds is 5. The summed E-state index contributed by atoms with van der Waals surface area (Å²) in [5.41, 5.74) is 2.02. The summed E-state index contributed by atoms with van der Waals surface area (Å²) >= 11 is 0. The molecule has 0 amide bonds. The molecule has 8 nitrogen and oxygen atoms in total. The average Bonchev–Trinajstić information content (AvgIpc) is 3.15. The van der Waals surface area contributed by atoms with Crippen LogP contribution in [0.2, 0.25) is 0 Å². The molecule has 1 aromatic carbocycles. The molecule has 1 saturated heterocycles. The Bertz CT molecular complexity index is 1080. The maximum atomic E-state index is 13.0. The molecule has 0 spiro atoms. The normalized spacial score (nSPS) is 14.8. The number of hydrogen-bond acceptors (Lipinski definition) is 7. The largest absolute Gasteiger partial charge is 0.469 e. The van der Waals surface area contributed by atoms with Crippen LogP contribution in [-0.2, 0) is 27.2 Å². The number of halogens is 3. The van der Waals surface area contributed by atoms with E-state index in [-0.39, 0.29) is 18.0 Å². The molecule has 164 valence electrons. The van der Waals surface area contributed by atoms with Crippen LogP contribution in [0, 0.1) is 0 Å². The number of carbonyl (C=O) groups is 1. The van der Waals surface area contributed by atoms with Crippen molar-refractivity contribution in [1.29, 1.82) is 0 Å². The number of carbonyl (C=O) groups excluding carboxylic acids is 1. The van der Waals surface area contributed by atoms with Crippen LogP contribution in [0.25, 0.3) is 22.3 Å². The van der Waals surface area contributed by atoms with E-state index in [0.717, 1.165) is 10.2 Å². The van der Waals surface area contributed by atoms with Gasteiger partial charge in [0.25, 0.3) is 0 Å². The third-order valence-corrected chi connectivity index (χ3v) is 4.91. The summed E-state index contributed by atoms with van der Waals surface area (Å²) in [6, 6.07) is 7.05. The molecule has 3 heterocycles. The summed E-state index contributed by atoms with van der Waals surface area (Å²) in [7, 11) is 1.32. The predicted octanol–water partition coefficient (Wildman–Crippen LogP) is 2.61. The Balaban J connectivity index is 1.78. The maximum Gasteiger partial charge on any atom is 0.408 e. The van der Waals surface area contributed by atoms with Crippen molar-refractivity contribution in [2.24, 2.45) is 0 Å². The van der Waals surface area contributed by atoms with E-state index in [9.17, 15) is 18.0 Å². The summed E-state index contributed by atoms with van der Waals surface area (Å²) in [6.07, 6.45) is -2.96. The van der Waals surface area contributed by atoms with Crippen LogP contribution in [0.5, 0.6) is 0 Å². The van der Waals surface area contributed by atoms with Crippen molar-refractivity contribution in [2.75, 3.05) is 38.3 Å². The van der Waals surface area contributed by atoms with Crippen molar-refractivity contribution in [3.8, 4) is 11.3 Å². The number of fused-ring (bicyclic) bond motifs is 1. The summed E-state index contributed by atoms with van der Waals surface area (Å²) in [5.74, 6) is -0.0337. The zero-order valence-corrected chi connectivity index (χ0v) is 16.7. The molecular weight excluding hydrogens is 415 g/mol. The molecule has 0 bridgehead atoms. The summed E-state index contributed by atoms with van der Waals surface area (Å²) in [4.78, 5) is 22.4. The van der Waals surface area contributed by atoms with Crippen molar-refractivity contribution in [3.63, 3.8) is 0 Å². The highest BCUT2D eigenvalue weighted by molar-refractivity contribution is 5.91. The standard InChI is InChI=1S/C20H20F3N5O3/c1-30-16(29)10-13-2-4-14(5-3-13)17-15-11-24-28(12-20(21,22)23)18(15)26-19(25-17)27-6-8-31-9-7-27/h2-5,11H,6-10,12H2,1H3. The minimum absolute atomic E-state index is 0.113. The number of aromatic nitrogens is 4. The van der Waals surface area contributed by atoms with Gasteiger partial charge in [0.2, 0.25) is 5.95 Å². The zero-order chi connectivity index (χ0) is 22.0. The van der Waals surface area contributed by atoms with Gasteiger partial charge in [0.15, 0.2) is 5.65 Å². The quantitative estimate of drug-likeness (QED) is 0.570. The average molecular weight is 435 g/mol. The van der Waals surface area contributed by atoms with E-state index in [0.29, 0.717) is 48.9 Å². The molecular formula is C20H20F3N5O3. The van der Waals surface area contributed by atoms with E-state index < -0.39 is 12.7 Å². The monoisotopic (exact) mass is 435 g/mol. The molecule has 0 atom stereocenters. The van der Waals surface area contributed by atoms with Crippen LogP contribution in [0.15, 0.2) is 30.5 Å². The van der Waals surface area contributed by atoms with Gasteiger partial charge in [0.1, 0.15) is 6.54 Å². The van der Waals surface area contributed by atoms with Gasteiger partial charge in [-0.15, -0.1) is 0 Å². The first kappa shape index (κ1) is 21.0. The lowest BCUT2D eigenvalue weighted by Crippen LogP contribution is -2.37. The van der Waals surface area contributed by atoms with Crippen LogP contribution in [0.4, 0.5) is 19.1 Å². The SMILES string of the molecule is COC(=O)Cc1ccc(-c2nc(N3CCOCC3)nc3c2cnn3CC(F)(F)F)cc1. The minimum atomic E-state index is -4.43. The van der Waals surface area contributed by atoms with Gasteiger partial charge in [-0.25, -0.2) is 9.67 Å². The second-order valence-electron chi connectivity index (χ2n) is 7.08. The topological polar surface area (TPSA) is 82.4 Å². The molecule has 0 unspecified atom stereocenters. The van der Waals surface area contributed by atoms with E-state index in [1.54, 1.807) is 24.3 Å². The number of morpholine rings is 1. The predicted molar refractivity (Wildman–Crippen MR) is 106 cm³/mol. The second-order valence-corrected chi connectivity index (χ2v) is 7.08. The number of esters is 1. The lowest BCUT2D eigenvalue weighted by Gasteiger charge is -2.27. The fraction of sp³-hybridized carbons (Fsp3) is 0.400. The van der Waals surface area contributed by atoms with Crippen molar-refractivity contribution in [3.05, 3.63) is 36.0 Å². The minimum Gasteiger partial charge on any atom is -0.469 e. The molecule has 4 rings (SSSR count). The molecule has 3 aromatic rings. The van der Waals surface area contributed by atoms with Crippen LogP contribution >= 0.6 is 0 Å². The number of benzene rings is 1. The molecule has 11 heteroatoms. The Kier molecular flexibility index (Phi) is 5.77. The number of alkyl halides is 3. The maximum absolute atomic E-state index is 13.0. The van der Waals surface area contributed by atoms with Crippen molar-refractivity contribution in [1.82, 2.24) is 19.7 Å². The van der Waals surface area contributed by atoms with Crippen LogP contribution < -0.4 is 4.90 Å². The van der Waals surface area contributed by atoms with E-state index >= 15 is 0 Å². The molecule has 31 heavy (non-hydrogen) atoms. The van der Waals surface area contributed by atoms with Crippen LogP contribution in [0.3, 0.4) is 0 Å². The molecule has 1 aliphatic heterocycles. The zero-order valence-electron chi connectivity index (χ0n) is 16.7. The number of anilines is 1. The number of ether oxygens (including phenoxy) is 2. The van der Waals surface area contributed by atoms with Crippen molar-refractivity contribution < 1.29 is 27.4 Å². The van der Waals surface area contributed by atoms with E-state index in [2.05, 4.69) is 19.8 Å². The molecule has 1 aliphatic rings.